The summed E-state index contributed by atoms with van der Waals surface area (Å²) in [6.45, 7) is 1.95. The molecule has 0 spiro atoms. The van der Waals surface area contributed by atoms with Gasteiger partial charge in [-0.1, -0.05) is 35.9 Å². The Morgan fingerprint density at radius 2 is 1.94 bits per heavy atom. The third-order valence-electron chi connectivity index (χ3n) is 5.37. The third-order valence-corrected chi connectivity index (χ3v) is 6.36. The quantitative estimate of drug-likeness (QED) is 0.558. The summed E-state index contributed by atoms with van der Waals surface area (Å²) in [5, 5.41) is 9.14. The Balaban J connectivity index is 1.41. The zero-order valence-corrected chi connectivity index (χ0v) is 18.2. The van der Waals surface area contributed by atoms with Crippen molar-refractivity contribution in [2.24, 2.45) is 0 Å². The Bertz CT molecular complexity index is 1090. The molecule has 2 aromatic carbocycles. The number of nitrogens with zero attached hydrogens (tertiary/aromatic N) is 1. The maximum absolute atomic E-state index is 13.3. The van der Waals surface area contributed by atoms with Crippen LogP contribution in [0.15, 0.2) is 59.3 Å². The normalized spacial score (nSPS) is 14.5. The molecule has 0 aliphatic carbocycles. The predicted molar refractivity (Wildman–Crippen MR) is 121 cm³/mol. The van der Waals surface area contributed by atoms with Gasteiger partial charge in [-0.25, -0.2) is 4.39 Å². The standard InChI is InChI=1S/C23H21ClFN3O2S/c24-19-11-18(5-6-20(19)25)27-23(30)22(29)26-12-21(17-8-10-31-14-17)28-9-7-15-3-1-2-4-16(15)13-28/h1-6,8,10-11,14,21H,7,9,12-13H2,(H,26,29)(H,27,30)/t21-/m0/s1. The van der Waals surface area contributed by atoms with E-state index in [0.717, 1.165) is 31.1 Å². The first-order valence-corrected chi connectivity index (χ1v) is 11.2. The minimum absolute atomic E-state index is 0.0448. The van der Waals surface area contributed by atoms with Crippen LogP contribution in [0.1, 0.15) is 22.7 Å². The monoisotopic (exact) mass is 457 g/mol. The van der Waals surface area contributed by atoms with Crippen LogP contribution >= 0.6 is 22.9 Å². The van der Waals surface area contributed by atoms with Crippen molar-refractivity contribution in [1.82, 2.24) is 10.2 Å². The van der Waals surface area contributed by atoms with Crippen LogP contribution in [0.3, 0.4) is 0 Å². The number of rotatable bonds is 5. The molecule has 3 aromatic rings. The number of thiophene rings is 1. The Kier molecular flexibility index (Phi) is 6.65. The molecule has 160 valence electrons. The van der Waals surface area contributed by atoms with Gasteiger partial charge in [0.1, 0.15) is 5.82 Å². The van der Waals surface area contributed by atoms with E-state index < -0.39 is 17.6 Å². The highest BCUT2D eigenvalue weighted by Gasteiger charge is 2.26. The highest BCUT2D eigenvalue weighted by molar-refractivity contribution is 7.08. The fourth-order valence-electron chi connectivity index (χ4n) is 3.74. The van der Waals surface area contributed by atoms with Gasteiger partial charge in [-0.15, -0.1) is 0 Å². The van der Waals surface area contributed by atoms with Crippen LogP contribution < -0.4 is 10.6 Å². The van der Waals surface area contributed by atoms with Crippen LogP contribution in [0.25, 0.3) is 0 Å². The van der Waals surface area contributed by atoms with Crippen LogP contribution in [0.2, 0.25) is 5.02 Å². The minimum Gasteiger partial charge on any atom is -0.346 e. The van der Waals surface area contributed by atoms with E-state index in [1.807, 2.05) is 17.5 Å². The molecule has 5 nitrogen and oxygen atoms in total. The molecule has 2 amide bonds. The van der Waals surface area contributed by atoms with Crippen LogP contribution in [0.4, 0.5) is 10.1 Å². The SMILES string of the molecule is O=C(NC[C@@H](c1ccsc1)N1CCc2ccccc2C1)C(=O)Nc1ccc(F)c(Cl)c1. The van der Waals surface area contributed by atoms with Crippen LogP contribution in [0.5, 0.6) is 0 Å². The van der Waals surface area contributed by atoms with Gasteiger partial charge in [0.25, 0.3) is 0 Å². The second-order valence-corrected chi connectivity index (χ2v) is 8.54. The summed E-state index contributed by atoms with van der Waals surface area (Å²) in [6.07, 6.45) is 0.941. The summed E-state index contributed by atoms with van der Waals surface area (Å²) in [5.41, 5.74) is 4.00. The molecule has 1 atom stereocenters. The number of amides is 2. The van der Waals surface area contributed by atoms with E-state index in [1.165, 1.54) is 23.3 Å². The Morgan fingerprint density at radius 3 is 2.68 bits per heavy atom. The number of fused-ring (bicyclic) bond motifs is 1. The van der Waals surface area contributed by atoms with E-state index in [9.17, 15) is 14.0 Å². The Morgan fingerprint density at radius 1 is 1.13 bits per heavy atom. The number of hydrogen-bond donors (Lipinski definition) is 2. The fraction of sp³-hybridized carbons (Fsp3) is 0.217. The number of benzene rings is 2. The molecule has 31 heavy (non-hydrogen) atoms. The Hall–Kier alpha value is -2.74. The molecule has 1 aliphatic heterocycles. The van der Waals surface area contributed by atoms with Gasteiger partial charge in [0.2, 0.25) is 0 Å². The molecular weight excluding hydrogens is 437 g/mol. The minimum atomic E-state index is -0.823. The smallest absolute Gasteiger partial charge is 0.313 e. The lowest BCUT2D eigenvalue weighted by Gasteiger charge is -2.35. The number of nitrogens with one attached hydrogen (secondary N) is 2. The average Bonchev–Trinajstić information content (AvgIpc) is 3.31. The van der Waals surface area contributed by atoms with Crippen molar-refractivity contribution < 1.29 is 14.0 Å². The average molecular weight is 458 g/mol. The van der Waals surface area contributed by atoms with Crippen molar-refractivity contribution in [3.8, 4) is 0 Å². The molecule has 4 rings (SSSR count). The second-order valence-electron chi connectivity index (χ2n) is 7.35. The second kappa shape index (κ2) is 9.60. The van der Waals surface area contributed by atoms with Crippen molar-refractivity contribution in [2.45, 2.75) is 19.0 Å². The lowest BCUT2D eigenvalue weighted by atomic mass is 9.97. The van der Waals surface area contributed by atoms with Crippen molar-refractivity contribution in [3.63, 3.8) is 0 Å². The van der Waals surface area contributed by atoms with E-state index in [0.29, 0.717) is 6.54 Å². The highest BCUT2D eigenvalue weighted by Crippen LogP contribution is 2.28. The zero-order chi connectivity index (χ0) is 21.8. The van der Waals surface area contributed by atoms with Gasteiger partial charge >= 0.3 is 11.8 Å². The summed E-state index contributed by atoms with van der Waals surface area (Å²) in [7, 11) is 0. The van der Waals surface area contributed by atoms with E-state index >= 15 is 0 Å². The number of anilines is 1. The predicted octanol–water partition coefficient (Wildman–Crippen LogP) is 4.39. The molecule has 0 fully saturated rings. The number of halogens is 2. The number of carbonyl (C=O) groups excluding carboxylic acids is 2. The number of hydrogen-bond acceptors (Lipinski definition) is 4. The molecule has 2 heterocycles. The largest absolute Gasteiger partial charge is 0.346 e. The molecule has 8 heteroatoms. The van der Waals surface area contributed by atoms with Crippen LogP contribution in [-0.4, -0.2) is 29.8 Å². The first-order valence-electron chi connectivity index (χ1n) is 9.88. The Labute approximate surface area is 188 Å². The summed E-state index contributed by atoms with van der Waals surface area (Å²) >= 11 is 7.33. The van der Waals surface area contributed by atoms with Crippen molar-refractivity contribution in [3.05, 3.63) is 86.8 Å². The van der Waals surface area contributed by atoms with Crippen molar-refractivity contribution in [1.29, 1.82) is 0 Å². The molecular formula is C23H21ClFN3O2S. The molecule has 1 aromatic heterocycles. The molecule has 0 bridgehead atoms. The molecule has 2 N–H and O–H groups in total. The van der Waals surface area contributed by atoms with E-state index in [1.54, 1.807) is 11.3 Å². The summed E-state index contributed by atoms with van der Waals surface area (Å²) in [5.74, 6) is -2.17. The lowest BCUT2D eigenvalue weighted by Crippen LogP contribution is -2.43. The van der Waals surface area contributed by atoms with Gasteiger partial charge in [0.05, 0.1) is 11.1 Å². The van der Waals surface area contributed by atoms with Gasteiger partial charge in [0.15, 0.2) is 0 Å². The van der Waals surface area contributed by atoms with E-state index in [4.69, 9.17) is 11.6 Å². The molecule has 0 saturated heterocycles. The van der Waals surface area contributed by atoms with Gasteiger partial charge in [-0.2, -0.15) is 11.3 Å². The van der Waals surface area contributed by atoms with Crippen LogP contribution in [-0.2, 0) is 22.6 Å². The summed E-state index contributed by atoms with van der Waals surface area (Å²) < 4.78 is 13.3. The summed E-state index contributed by atoms with van der Waals surface area (Å²) in [4.78, 5) is 27.0. The lowest BCUT2D eigenvalue weighted by molar-refractivity contribution is -0.136. The van der Waals surface area contributed by atoms with Crippen molar-refractivity contribution in [2.75, 3.05) is 18.4 Å². The molecule has 0 unspecified atom stereocenters. The third kappa shape index (κ3) is 5.12. The van der Waals surface area contributed by atoms with Gasteiger partial charge in [0, 0.05) is 25.3 Å². The van der Waals surface area contributed by atoms with Gasteiger partial charge in [-0.05, 0) is 58.1 Å². The molecule has 1 aliphatic rings. The molecule has 0 saturated carbocycles. The zero-order valence-electron chi connectivity index (χ0n) is 16.6. The van der Waals surface area contributed by atoms with Crippen molar-refractivity contribution >= 4 is 40.4 Å². The first kappa shape index (κ1) is 21.5. The van der Waals surface area contributed by atoms with Gasteiger partial charge < -0.3 is 10.6 Å². The maximum atomic E-state index is 13.3. The van der Waals surface area contributed by atoms with E-state index in [-0.39, 0.29) is 16.8 Å². The highest BCUT2D eigenvalue weighted by atomic mass is 35.5. The van der Waals surface area contributed by atoms with Crippen LogP contribution in [0, 0.1) is 5.82 Å². The van der Waals surface area contributed by atoms with E-state index in [2.05, 4.69) is 39.1 Å². The fourth-order valence-corrected chi connectivity index (χ4v) is 4.62. The number of carbonyl (C=O) groups is 2. The maximum Gasteiger partial charge on any atom is 0.313 e. The topological polar surface area (TPSA) is 61.4 Å². The summed E-state index contributed by atoms with van der Waals surface area (Å²) in [6, 6.07) is 14.1. The first-order chi connectivity index (χ1) is 15.0. The van der Waals surface area contributed by atoms with Gasteiger partial charge in [-0.3, -0.25) is 14.5 Å². The molecule has 0 radical (unpaired) electrons.